The zero-order chi connectivity index (χ0) is 19.1. The van der Waals surface area contributed by atoms with Crippen LogP contribution in [0.25, 0.3) is 17.7 Å². The third-order valence-electron chi connectivity index (χ3n) is 6.06. The Labute approximate surface area is 200 Å². The van der Waals surface area contributed by atoms with Crippen LogP contribution in [0, 0.1) is 0 Å². The largest absolute Gasteiger partial charge is 1.00 e. The van der Waals surface area contributed by atoms with Crippen LogP contribution in [0.4, 0.5) is 0 Å². The molecule has 150 valence electrons. The molecule has 2 aliphatic carbocycles. The van der Waals surface area contributed by atoms with Crippen molar-refractivity contribution < 1.29 is 45.2 Å². The minimum absolute atomic E-state index is 0. The van der Waals surface area contributed by atoms with Gasteiger partial charge in [0.15, 0.2) is 0 Å². The Balaban J connectivity index is 0.00000128. The summed E-state index contributed by atoms with van der Waals surface area (Å²) in [5.41, 5.74) is 8.73. The number of benzene rings is 3. The van der Waals surface area contributed by atoms with Gasteiger partial charge < -0.3 is 24.8 Å². The molecule has 0 radical (unpaired) electrons. The molecule has 0 aromatic heterocycles. The molecule has 0 aliphatic heterocycles. The number of halogens is 2. The van der Waals surface area contributed by atoms with Gasteiger partial charge in [0.1, 0.15) is 0 Å². The summed E-state index contributed by atoms with van der Waals surface area (Å²) in [5, 5.41) is 0. The topological polar surface area (TPSA) is 0 Å². The maximum atomic E-state index is 2.58. The molecule has 0 nitrogen and oxygen atoms in total. The van der Waals surface area contributed by atoms with Crippen LogP contribution in [0.3, 0.4) is 0 Å². The Morgan fingerprint density at radius 2 is 1.30 bits per heavy atom. The molecule has 2 aliphatic rings. The Hall–Kier alpha value is -1.18. The second kappa shape index (κ2) is 9.96. The number of hydrogen-bond acceptors (Lipinski definition) is 0. The van der Waals surface area contributed by atoms with Crippen LogP contribution in [0.2, 0.25) is 13.1 Å². The van der Waals surface area contributed by atoms with Crippen LogP contribution < -0.4 is 24.8 Å². The fourth-order valence-corrected chi connectivity index (χ4v) is 24.2. The van der Waals surface area contributed by atoms with Gasteiger partial charge in [0.25, 0.3) is 0 Å². The maximum absolute atomic E-state index is 2.58. The average molecular weight is 527 g/mol. The Morgan fingerprint density at radius 1 is 0.700 bits per heavy atom. The van der Waals surface area contributed by atoms with E-state index >= 15 is 0 Å². The van der Waals surface area contributed by atoms with Gasteiger partial charge in [-0.3, -0.25) is 0 Å². The van der Waals surface area contributed by atoms with Crippen molar-refractivity contribution in [3.63, 3.8) is 0 Å². The molecule has 4 heteroatoms. The van der Waals surface area contributed by atoms with Crippen molar-refractivity contribution in [2.45, 2.75) is 20.3 Å². The van der Waals surface area contributed by atoms with E-state index in [4.69, 9.17) is 0 Å². The third kappa shape index (κ3) is 4.13. The monoisotopic (exact) mass is 524 g/mol. The summed E-state index contributed by atoms with van der Waals surface area (Å²) < 4.78 is 1.36. The van der Waals surface area contributed by atoms with Crippen molar-refractivity contribution >= 4 is 23.2 Å². The zero-order valence-electron chi connectivity index (χ0n) is 17.1. The minimum Gasteiger partial charge on any atom is -1.00 e. The normalized spacial score (nSPS) is 17.6. The first-order valence-corrected chi connectivity index (χ1v) is 19.1. The van der Waals surface area contributed by atoms with Crippen LogP contribution in [-0.2, 0) is 20.4 Å². The van der Waals surface area contributed by atoms with E-state index in [9.17, 15) is 0 Å². The summed E-state index contributed by atoms with van der Waals surface area (Å²) in [6, 6.07) is 29.4. The summed E-state index contributed by atoms with van der Waals surface area (Å²) in [7, 11) is 0. The summed E-state index contributed by atoms with van der Waals surface area (Å²) >= 11 is -1.91. The van der Waals surface area contributed by atoms with Gasteiger partial charge in [0.05, 0.1) is 0 Å². The van der Waals surface area contributed by atoms with E-state index in [0.29, 0.717) is 7.25 Å². The number of rotatable bonds is 3. The number of fused-ring (bicyclic) bond motifs is 2. The van der Waals surface area contributed by atoms with Crippen LogP contribution in [0.1, 0.15) is 35.1 Å². The molecule has 0 heterocycles. The van der Waals surface area contributed by atoms with Gasteiger partial charge >= 0.3 is 177 Å². The summed E-state index contributed by atoms with van der Waals surface area (Å²) in [6.45, 7) is 5.16. The molecule has 0 saturated heterocycles. The van der Waals surface area contributed by atoms with E-state index in [1.807, 2.05) is 0 Å². The van der Waals surface area contributed by atoms with Crippen LogP contribution in [0.15, 0.2) is 84.9 Å². The van der Waals surface area contributed by atoms with Gasteiger partial charge in [-0.15, -0.1) is 0 Å². The predicted molar refractivity (Wildman–Crippen MR) is 119 cm³/mol. The Morgan fingerprint density at radius 3 is 2.00 bits per heavy atom. The zero-order valence-corrected chi connectivity index (χ0v) is 22.1. The molecule has 0 saturated carbocycles. The standard InChI is InChI=1S/C15H11.C9H7.C2H6Si.2ClH.Zr/c1-2-6-12(7-3-1)15-10-13-8-4-5-9-14(13)11-15;1-2-5-9-7-3-6-8(9)4-1;1-3-2;;;/h1-11H;1-7H;1-2H3;2*1H;/q;;;;;+2/p-2. The molecule has 0 fully saturated rings. The molecular weight excluding hydrogens is 503 g/mol. The smallest absolute Gasteiger partial charge is 1.00 e. The van der Waals surface area contributed by atoms with E-state index in [2.05, 4.69) is 110 Å². The first kappa shape index (κ1) is 23.5. The van der Waals surface area contributed by atoms with Gasteiger partial charge in [-0.25, -0.2) is 0 Å². The van der Waals surface area contributed by atoms with Crippen molar-refractivity contribution in [1.82, 2.24) is 0 Å². The van der Waals surface area contributed by atoms with Gasteiger partial charge in [0, 0.05) is 0 Å². The molecule has 5 rings (SSSR count). The minimum atomic E-state index is -1.91. The van der Waals surface area contributed by atoms with E-state index in [1.165, 1.54) is 16.7 Å². The van der Waals surface area contributed by atoms with Crippen molar-refractivity contribution in [3.8, 4) is 0 Å². The van der Waals surface area contributed by atoms with Crippen molar-refractivity contribution in [3.05, 3.63) is 113 Å². The van der Waals surface area contributed by atoms with Crippen LogP contribution >= 0.6 is 0 Å². The first-order chi connectivity index (χ1) is 13.7. The predicted octanol–water partition coefficient (Wildman–Crippen LogP) is 0.927. The fourth-order valence-electron chi connectivity index (χ4n) is 4.84. The molecule has 30 heavy (non-hydrogen) atoms. The van der Waals surface area contributed by atoms with Gasteiger partial charge in [-0.2, -0.15) is 0 Å². The summed E-state index contributed by atoms with van der Waals surface area (Å²) in [4.78, 5) is 0. The van der Waals surface area contributed by atoms with E-state index in [-0.39, 0.29) is 30.2 Å². The molecule has 0 bridgehead atoms. The van der Waals surface area contributed by atoms with E-state index < -0.39 is 20.4 Å². The molecule has 3 aromatic carbocycles. The second-order valence-electron chi connectivity index (χ2n) is 7.95. The van der Waals surface area contributed by atoms with Crippen molar-refractivity contribution in [2.75, 3.05) is 0 Å². The molecule has 0 spiro atoms. The average Bonchev–Trinajstić information content (AvgIpc) is 3.32. The quantitative estimate of drug-likeness (QED) is 0.446. The molecule has 3 aromatic rings. The van der Waals surface area contributed by atoms with Crippen molar-refractivity contribution in [1.29, 1.82) is 0 Å². The number of allylic oxidation sites excluding steroid dienone is 2. The molecule has 0 N–H and O–H groups in total. The Bertz CT molecular complexity index is 1140. The SMILES string of the molecule is C[Si](C)=[Zr+2]([CH]1C=Cc2ccccc21)[CH]1C(c2ccccc2)=Cc2ccccc21.[Cl-].[Cl-]. The first-order valence-electron chi connectivity index (χ1n) is 10.0. The van der Waals surface area contributed by atoms with Crippen molar-refractivity contribution in [2.24, 2.45) is 0 Å². The van der Waals surface area contributed by atoms with Gasteiger partial charge in [0.2, 0.25) is 0 Å². The summed E-state index contributed by atoms with van der Waals surface area (Å²) in [5.74, 6) is 0. The summed E-state index contributed by atoms with van der Waals surface area (Å²) in [6.07, 6.45) is 7.43. The van der Waals surface area contributed by atoms with E-state index in [1.54, 1.807) is 16.7 Å². The molecular formula is C26H24Cl2SiZr. The van der Waals surface area contributed by atoms with Gasteiger partial charge in [-0.1, -0.05) is 0 Å². The fraction of sp³-hybridized carbons (Fsp3) is 0.154. The van der Waals surface area contributed by atoms with Crippen LogP contribution in [0.5, 0.6) is 0 Å². The Kier molecular flexibility index (Phi) is 7.80. The van der Waals surface area contributed by atoms with E-state index in [0.717, 1.165) is 0 Å². The van der Waals surface area contributed by atoms with Gasteiger partial charge in [-0.05, 0) is 0 Å². The third-order valence-corrected chi connectivity index (χ3v) is 25.2. The molecule has 0 amide bonds. The molecule has 2 unspecified atom stereocenters. The maximum Gasteiger partial charge on any atom is -1.00 e. The second-order valence-corrected chi connectivity index (χ2v) is 25.9. The molecule has 2 atom stereocenters. The number of hydrogen-bond donors (Lipinski definition) is 0. The van der Waals surface area contributed by atoms with Crippen LogP contribution in [-0.4, -0.2) is 5.43 Å².